The van der Waals surface area contributed by atoms with Gasteiger partial charge in [-0.3, -0.25) is 4.79 Å². The fraction of sp³-hybridized carbons (Fsp3) is 0.462. The van der Waals surface area contributed by atoms with Crippen LogP contribution in [0.1, 0.15) is 25.6 Å². The molecule has 0 amide bonds. The van der Waals surface area contributed by atoms with E-state index in [2.05, 4.69) is 10.1 Å². The fourth-order valence-corrected chi connectivity index (χ4v) is 3.53. The van der Waals surface area contributed by atoms with E-state index in [9.17, 15) is 13.2 Å². The third kappa shape index (κ3) is 3.25. The van der Waals surface area contributed by atoms with Gasteiger partial charge in [0.1, 0.15) is 6.54 Å². The van der Waals surface area contributed by atoms with Gasteiger partial charge in [0.05, 0.1) is 4.90 Å². The molecule has 2 heterocycles. The molecule has 0 radical (unpaired) electrons. The molecule has 0 bridgehead atoms. The van der Waals surface area contributed by atoms with Gasteiger partial charge < -0.3 is 9.09 Å². The maximum atomic E-state index is 12.5. The number of hydrogen-bond acceptors (Lipinski definition) is 6. The summed E-state index contributed by atoms with van der Waals surface area (Å²) in [7, 11) is -3.62. The zero-order chi connectivity index (χ0) is 16.3. The van der Waals surface area contributed by atoms with Crippen LogP contribution in [0.2, 0.25) is 0 Å². The van der Waals surface area contributed by atoms with Crippen LogP contribution in [0, 0.1) is 6.92 Å². The molecule has 2 aromatic heterocycles. The van der Waals surface area contributed by atoms with Gasteiger partial charge in [0, 0.05) is 25.4 Å². The van der Waals surface area contributed by atoms with Crippen LogP contribution in [-0.4, -0.2) is 40.5 Å². The lowest BCUT2D eigenvalue weighted by atomic mass is 10.4. The molecule has 0 aliphatic carbocycles. The number of aromatic nitrogens is 3. The summed E-state index contributed by atoms with van der Waals surface area (Å²) in [5.74, 6) is 0.701. The molecule has 8 nitrogen and oxygen atoms in total. The molecule has 0 aliphatic rings. The quantitative estimate of drug-likeness (QED) is 0.771. The Morgan fingerprint density at radius 3 is 2.50 bits per heavy atom. The van der Waals surface area contributed by atoms with Crippen LogP contribution >= 0.6 is 0 Å². The van der Waals surface area contributed by atoms with Gasteiger partial charge in [-0.15, -0.1) is 0 Å². The zero-order valence-corrected chi connectivity index (χ0v) is 13.5. The molecule has 0 aromatic carbocycles. The van der Waals surface area contributed by atoms with Gasteiger partial charge in [-0.05, 0) is 13.0 Å². The molecule has 0 fully saturated rings. The molecule has 0 saturated carbocycles. The predicted molar refractivity (Wildman–Crippen MR) is 78.9 cm³/mol. The van der Waals surface area contributed by atoms with E-state index in [4.69, 9.17) is 4.52 Å². The zero-order valence-electron chi connectivity index (χ0n) is 12.7. The van der Waals surface area contributed by atoms with Gasteiger partial charge in [0.15, 0.2) is 5.82 Å². The van der Waals surface area contributed by atoms with E-state index in [1.54, 1.807) is 20.8 Å². The molecule has 0 unspecified atom stereocenters. The van der Waals surface area contributed by atoms with Crippen LogP contribution in [0.4, 0.5) is 0 Å². The van der Waals surface area contributed by atoms with Crippen molar-refractivity contribution in [1.29, 1.82) is 0 Å². The lowest BCUT2D eigenvalue weighted by Crippen LogP contribution is -2.32. The van der Waals surface area contributed by atoms with Crippen LogP contribution in [0.15, 0.2) is 32.5 Å². The smallest absolute Gasteiger partial charge is 0.251 e. The highest BCUT2D eigenvalue weighted by atomic mass is 32.2. The first kappa shape index (κ1) is 16.4. The van der Waals surface area contributed by atoms with Gasteiger partial charge in [0.2, 0.25) is 15.9 Å². The second kappa shape index (κ2) is 6.41. The number of rotatable bonds is 6. The Morgan fingerprint density at radius 1 is 1.27 bits per heavy atom. The molecule has 0 spiro atoms. The number of sulfonamides is 1. The SMILES string of the molecule is CCN(CC)S(=O)(=O)c1ccc(=O)n(Cc2nc(C)no2)c1. The first-order chi connectivity index (χ1) is 10.4. The van der Waals surface area contributed by atoms with E-state index >= 15 is 0 Å². The Balaban J connectivity index is 2.40. The van der Waals surface area contributed by atoms with Crippen LogP contribution in [0.25, 0.3) is 0 Å². The number of aryl methyl sites for hydroxylation is 1. The summed E-state index contributed by atoms with van der Waals surface area (Å²) in [5, 5.41) is 3.64. The molecule has 0 saturated heterocycles. The van der Waals surface area contributed by atoms with E-state index in [1.807, 2.05) is 0 Å². The number of nitrogens with zero attached hydrogens (tertiary/aromatic N) is 4. The minimum atomic E-state index is -3.62. The van der Waals surface area contributed by atoms with E-state index in [0.717, 1.165) is 0 Å². The third-order valence-corrected chi connectivity index (χ3v) is 5.21. The average molecular weight is 326 g/mol. The maximum absolute atomic E-state index is 12.5. The Morgan fingerprint density at radius 2 is 1.95 bits per heavy atom. The van der Waals surface area contributed by atoms with Gasteiger partial charge in [-0.25, -0.2) is 8.42 Å². The van der Waals surface area contributed by atoms with Gasteiger partial charge in [-0.1, -0.05) is 19.0 Å². The molecule has 0 atom stereocenters. The lowest BCUT2D eigenvalue weighted by Gasteiger charge is -2.18. The topological polar surface area (TPSA) is 98.3 Å². The van der Waals surface area contributed by atoms with Crippen molar-refractivity contribution in [2.24, 2.45) is 0 Å². The lowest BCUT2D eigenvalue weighted by molar-refractivity contribution is 0.365. The number of hydrogen-bond donors (Lipinski definition) is 0. The molecular formula is C13H18N4O4S. The Bertz CT molecular complexity index is 805. The van der Waals surface area contributed by atoms with Crippen molar-refractivity contribution >= 4 is 10.0 Å². The number of pyridine rings is 1. The first-order valence-electron chi connectivity index (χ1n) is 6.88. The van der Waals surface area contributed by atoms with Crippen LogP contribution in [0.5, 0.6) is 0 Å². The molecule has 22 heavy (non-hydrogen) atoms. The van der Waals surface area contributed by atoms with Crippen molar-refractivity contribution < 1.29 is 12.9 Å². The highest BCUT2D eigenvalue weighted by Gasteiger charge is 2.22. The maximum Gasteiger partial charge on any atom is 0.251 e. The summed E-state index contributed by atoms with van der Waals surface area (Å²) in [6.07, 6.45) is 1.30. The summed E-state index contributed by atoms with van der Waals surface area (Å²) in [4.78, 5) is 16.0. The van der Waals surface area contributed by atoms with Crippen LogP contribution in [0.3, 0.4) is 0 Å². The molecular weight excluding hydrogens is 308 g/mol. The van der Waals surface area contributed by atoms with Crippen LogP contribution in [-0.2, 0) is 16.6 Å². The standard InChI is InChI=1S/C13H18N4O4S/c1-4-17(5-2)22(19,20)11-6-7-13(18)16(8-11)9-12-14-10(3)15-21-12/h6-8H,4-5,9H2,1-3H3. The van der Waals surface area contributed by atoms with Crippen LogP contribution < -0.4 is 5.56 Å². The van der Waals surface area contributed by atoms with E-state index in [-0.39, 0.29) is 22.9 Å². The molecule has 0 N–H and O–H groups in total. The summed E-state index contributed by atoms with van der Waals surface area (Å²) >= 11 is 0. The molecule has 0 aliphatic heterocycles. The Labute approximate surface area is 128 Å². The highest BCUT2D eigenvalue weighted by molar-refractivity contribution is 7.89. The summed E-state index contributed by atoms with van der Waals surface area (Å²) < 4.78 is 32.5. The molecule has 2 aromatic rings. The normalized spacial score (nSPS) is 12.0. The summed E-state index contributed by atoms with van der Waals surface area (Å²) in [5.41, 5.74) is -0.339. The van der Waals surface area contributed by atoms with Crippen molar-refractivity contribution in [2.45, 2.75) is 32.2 Å². The van der Waals surface area contributed by atoms with Crippen molar-refractivity contribution in [3.8, 4) is 0 Å². The largest absolute Gasteiger partial charge is 0.337 e. The average Bonchev–Trinajstić information content (AvgIpc) is 2.87. The van der Waals surface area contributed by atoms with Crippen molar-refractivity contribution in [3.05, 3.63) is 40.4 Å². The van der Waals surface area contributed by atoms with E-state index in [0.29, 0.717) is 18.9 Å². The van der Waals surface area contributed by atoms with Crippen molar-refractivity contribution in [1.82, 2.24) is 19.0 Å². The third-order valence-electron chi connectivity index (χ3n) is 3.17. The molecule has 9 heteroatoms. The van der Waals surface area contributed by atoms with Gasteiger partial charge in [-0.2, -0.15) is 9.29 Å². The fourth-order valence-electron chi connectivity index (χ4n) is 2.05. The molecule has 2 rings (SSSR count). The predicted octanol–water partition coefficient (Wildman–Crippen LogP) is 0.619. The summed E-state index contributed by atoms with van der Waals surface area (Å²) in [6, 6.07) is 2.53. The minimum absolute atomic E-state index is 0.0291. The van der Waals surface area contributed by atoms with Crippen molar-refractivity contribution in [3.63, 3.8) is 0 Å². The first-order valence-corrected chi connectivity index (χ1v) is 8.32. The van der Waals surface area contributed by atoms with Gasteiger partial charge in [0.25, 0.3) is 5.56 Å². The second-order valence-electron chi connectivity index (χ2n) is 4.66. The van der Waals surface area contributed by atoms with E-state index < -0.39 is 10.0 Å². The Kier molecular flexibility index (Phi) is 4.77. The van der Waals surface area contributed by atoms with E-state index in [1.165, 1.54) is 27.2 Å². The minimum Gasteiger partial charge on any atom is -0.337 e. The van der Waals surface area contributed by atoms with Gasteiger partial charge >= 0.3 is 0 Å². The Hall–Kier alpha value is -2.00. The van der Waals surface area contributed by atoms with Crippen molar-refractivity contribution in [2.75, 3.05) is 13.1 Å². The highest BCUT2D eigenvalue weighted by Crippen LogP contribution is 2.14. The second-order valence-corrected chi connectivity index (χ2v) is 6.59. The molecule has 120 valence electrons. The monoisotopic (exact) mass is 326 g/mol. The summed E-state index contributed by atoms with van der Waals surface area (Å²) in [6.45, 7) is 5.94.